The van der Waals surface area contributed by atoms with E-state index >= 15 is 0 Å². The van der Waals surface area contributed by atoms with Gasteiger partial charge in [0.15, 0.2) is 0 Å². The highest BCUT2D eigenvalue weighted by atomic mass is 32.1. The number of rotatable bonds is 3. The molecule has 0 radical (unpaired) electrons. The molecule has 2 nitrogen and oxygen atoms in total. The monoisotopic (exact) mass is 234 g/mol. The van der Waals surface area contributed by atoms with Gasteiger partial charge < -0.3 is 11.1 Å². The first-order valence-corrected chi connectivity index (χ1v) is 4.50. The fourth-order valence-electron chi connectivity index (χ4n) is 0.995. The Morgan fingerprint density at radius 3 is 2.60 bits per heavy atom. The van der Waals surface area contributed by atoms with Gasteiger partial charge in [0.1, 0.15) is 0 Å². The lowest BCUT2D eigenvalue weighted by Crippen LogP contribution is -2.20. The van der Waals surface area contributed by atoms with E-state index < -0.39 is 11.7 Å². The van der Waals surface area contributed by atoms with E-state index in [2.05, 4.69) is 17.5 Å². The van der Waals surface area contributed by atoms with Gasteiger partial charge in [-0.2, -0.15) is 13.2 Å². The molecule has 0 atom stereocenters. The average molecular weight is 234 g/mol. The van der Waals surface area contributed by atoms with Crippen LogP contribution in [0, 0.1) is 0 Å². The molecular weight excluding hydrogens is 225 g/mol. The molecule has 15 heavy (non-hydrogen) atoms. The molecule has 82 valence electrons. The molecular formula is C9H9F3N2S. The van der Waals surface area contributed by atoms with Crippen LogP contribution in [0.5, 0.6) is 0 Å². The average Bonchev–Trinajstić information content (AvgIpc) is 2.14. The van der Waals surface area contributed by atoms with Crippen molar-refractivity contribution in [1.29, 1.82) is 0 Å². The van der Waals surface area contributed by atoms with Gasteiger partial charge in [-0.1, -0.05) is 18.3 Å². The molecule has 0 aliphatic heterocycles. The molecule has 0 aliphatic carbocycles. The largest absolute Gasteiger partial charge is 0.416 e. The second-order valence-electron chi connectivity index (χ2n) is 2.90. The van der Waals surface area contributed by atoms with Crippen molar-refractivity contribution in [3.8, 4) is 0 Å². The number of thiocarbonyl (C=S) groups is 1. The zero-order valence-electron chi connectivity index (χ0n) is 7.64. The van der Waals surface area contributed by atoms with Crippen LogP contribution >= 0.6 is 12.2 Å². The number of anilines is 1. The standard InChI is InChI=1S/C9H9F3N2S/c10-9(11,12)6-2-1-3-7(4-6)14-5-8(13)15/h1-4,14H,5H2,(H2,13,15). The first-order valence-electron chi connectivity index (χ1n) is 4.09. The van der Waals surface area contributed by atoms with Crippen LogP contribution in [0.25, 0.3) is 0 Å². The van der Waals surface area contributed by atoms with Crippen molar-refractivity contribution < 1.29 is 13.2 Å². The summed E-state index contributed by atoms with van der Waals surface area (Å²) in [6.07, 6.45) is -4.33. The van der Waals surface area contributed by atoms with Crippen molar-refractivity contribution in [3.63, 3.8) is 0 Å². The summed E-state index contributed by atoms with van der Waals surface area (Å²) in [6.45, 7) is 0.177. The smallest absolute Gasteiger partial charge is 0.392 e. The molecule has 1 aromatic carbocycles. The van der Waals surface area contributed by atoms with Gasteiger partial charge in [0.2, 0.25) is 0 Å². The highest BCUT2D eigenvalue weighted by Crippen LogP contribution is 2.30. The lowest BCUT2D eigenvalue weighted by molar-refractivity contribution is -0.137. The molecule has 1 rings (SSSR count). The summed E-state index contributed by atoms with van der Waals surface area (Å²) in [6, 6.07) is 4.86. The van der Waals surface area contributed by atoms with Crippen molar-refractivity contribution in [1.82, 2.24) is 0 Å². The molecule has 0 bridgehead atoms. The molecule has 0 saturated carbocycles. The van der Waals surface area contributed by atoms with E-state index in [1.165, 1.54) is 12.1 Å². The van der Waals surface area contributed by atoms with Crippen LogP contribution < -0.4 is 11.1 Å². The van der Waals surface area contributed by atoms with Crippen LogP contribution in [0.15, 0.2) is 24.3 Å². The fraction of sp³-hybridized carbons (Fsp3) is 0.222. The Morgan fingerprint density at radius 2 is 2.07 bits per heavy atom. The number of halogens is 3. The number of alkyl halides is 3. The molecule has 3 N–H and O–H groups in total. The maximum atomic E-state index is 12.3. The SMILES string of the molecule is NC(=S)CNc1cccc(C(F)(F)F)c1. The van der Waals surface area contributed by atoms with E-state index in [-0.39, 0.29) is 11.5 Å². The Balaban J connectivity index is 2.79. The number of nitrogens with one attached hydrogen (secondary N) is 1. The van der Waals surface area contributed by atoms with Crippen molar-refractivity contribution >= 4 is 22.9 Å². The van der Waals surface area contributed by atoms with E-state index in [4.69, 9.17) is 5.73 Å². The molecule has 0 fully saturated rings. The zero-order chi connectivity index (χ0) is 11.5. The van der Waals surface area contributed by atoms with Gasteiger partial charge in [-0.3, -0.25) is 0 Å². The molecule has 0 unspecified atom stereocenters. The Hall–Kier alpha value is -1.30. The van der Waals surface area contributed by atoms with Crippen LogP contribution in [-0.4, -0.2) is 11.5 Å². The van der Waals surface area contributed by atoms with Crippen molar-refractivity contribution in [2.75, 3.05) is 11.9 Å². The fourth-order valence-corrected chi connectivity index (χ4v) is 1.07. The summed E-state index contributed by atoms with van der Waals surface area (Å²) in [4.78, 5) is 0.201. The zero-order valence-corrected chi connectivity index (χ0v) is 8.45. The summed E-state index contributed by atoms with van der Waals surface area (Å²) in [7, 11) is 0. The summed E-state index contributed by atoms with van der Waals surface area (Å²) in [5.41, 5.74) is 4.86. The maximum absolute atomic E-state index is 12.3. The Morgan fingerprint density at radius 1 is 1.40 bits per heavy atom. The van der Waals surface area contributed by atoms with E-state index in [9.17, 15) is 13.2 Å². The maximum Gasteiger partial charge on any atom is 0.416 e. The topological polar surface area (TPSA) is 38.0 Å². The number of benzene rings is 1. The molecule has 0 aromatic heterocycles. The van der Waals surface area contributed by atoms with Crippen LogP contribution in [0.3, 0.4) is 0 Å². The predicted octanol–water partition coefficient (Wildman–Crippen LogP) is 2.40. The third-order valence-corrected chi connectivity index (χ3v) is 1.80. The number of hydrogen-bond acceptors (Lipinski definition) is 2. The van der Waals surface area contributed by atoms with E-state index in [0.717, 1.165) is 12.1 Å². The highest BCUT2D eigenvalue weighted by Gasteiger charge is 2.30. The van der Waals surface area contributed by atoms with Gasteiger partial charge in [0.05, 0.1) is 17.1 Å². The molecule has 1 aromatic rings. The molecule has 0 aliphatic rings. The quantitative estimate of drug-likeness (QED) is 0.789. The van der Waals surface area contributed by atoms with Crippen LogP contribution in [0.1, 0.15) is 5.56 Å². The number of nitrogens with two attached hydrogens (primary N) is 1. The van der Waals surface area contributed by atoms with E-state index in [0.29, 0.717) is 5.69 Å². The highest BCUT2D eigenvalue weighted by molar-refractivity contribution is 7.80. The van der Waals surface area contributed by atoms with Crippen molar-refractivity contribution in [2.45, 2.75) is 6.18 Å². The van der Waals surface area contributed by atoms with E-state index in [1.807, 2.05) is 0 Å². The lowest BCUT2D eigenvalue weighted by atomic mass is 10.2. The second-order valence-corrected chi connectivity index (χ2v) is 3.42. The van der Waals surface area contributed by atoms with Gasteiger partial charge in [-0.05, 0) is 18.2 Å². The second kappa shape index (κ2) is 4.48. The van der Waals surface area contributed by atoms with Crippen LogP contribution in [-0.2, 0) is 6.18 Å². The summed E-state index contributed by atoms with van der Waals surface area (Å²) in [5, 5.41) is 2.69. The van der Waals surface area contributed by atoms with Gasteiger partial charge in [0.25, 0.3) is 0 Å². The van der Waals surface area contributed by atoms with Gasteiger partial charge in [-0.15, -0.1) is 0 Å². The Bertz CT molecular complexity index is 363. The molecule has 0 amide bonds. The van der Waals surface area contributed by atoms with Crippen molar-refractivity contribution in [2.24, 2.45) is 5.73 Å². The lowest BCUT2D eigenvalue weighted by Gasteiger charge is -2.09. The summed E-state index contributed by atoms with van der Waals surface area (Å²) in [5.74, 6) is 0. The molecule has 6 heteroatoms. The minimum Gasteiger partial charge on any atom is -0.392 e. The van der Waals surface area contributed by atoms with Crippen LogP contribution in [0.4, 0.5) is 18.9 Å². The normalized spacial score (nSPS) is 11.1. The van der Waals surface area contributed by atoms with Gasteiger partial charge in [0, 0.05) is 5.69 Å². The minimum absolute atomic E-state index is 0.177. The molecule has 0 heterocycles. The minimum atomic E-state index is -4.33. The van der Waals surface area contributed by atoms with E-state index in [1.54, 1.807) is 0 Å². The first-order chi connectivity index (χ1) is 6.89. The third-order valence-electron chi connectivity index (χ3n) is 1.66. The molecule has 0 saturated heterocycles. The van der Waals surface area contributed by atoms with Crippen LogP contribution in [0.2, 0.25) is 0 Å². The summed E-state index contributed by atoms with van der Waals surface area (Å²) < 4.78 is 36.9. The summed E-state index contributed by atoms with van der Waals surface area (Å²) >= 11 is 4.59. The van der Waals surface area contributed by atoms with Gasteiger partial charge in [-0.25, -0.2) is 0 Å². The molecule has 0 spiro atoms. The first kappa shape index (κ1) is 11.8. The third kappa shape index (κ3) is 3.75. The Labute approximate surface area is 90.3 Å². The van der Waals surface area contributed by atoms with Gasteiger partial charge >= 0.3 is 6.18 Å². The number of hydrogen-bond donors (Lipinski definition) is 2. The van der Waals surface area contributed by atoms with Crippen molar-refractivity contribution in [3.05, 3.63) is 29.8 Å². The Kier molecular flexibility index (Phi) is 3.52. The predicted molar refractivity (Wildman–Crippen MR) is 56.7 cm³/mol.